The molecule has 0 aliphatic rings. The maximum Gasteiger partial charge on any atom is 0.224 e. The molecule has 0 aliphatic heterocycles. The molecule has 1 amide bonds. The molecule has 0 aromatic heterocycles. The SMILES string of the molecule is COc1ccc(C(C)NC(=O)Cc2ccc(-c3ccccc3)cc2)cc1F. The Balaban J connectivity index is 1.61. The molecule has 3 nitrogen and oxygen atoms in total. The molecule has 3 aromatic rings. The highest BCUT2D eigenvalue weighted by Gasteiger charge is 2.13. The summed E-state index contributed by atoms with van der Waals surface area (Å²) >= 11 is 0. The van der Waals surface area contributed by atoms with Gasteiger partial charge < -0.3 is 10.1 Å². The van der Waals surface area contributed by atoms with Crippen LogP contribution in [0.2, 0.25) is 0 Å². The van der Waals surface area contributed by atoms with Gasteiger partial charge in [-0.05, 0) is 41.3 Å². The number of rotatable bonds is 6. The van der Waals surface area contributed by atoms with E-state index in [1.54, 1.807) is 12.1 Å². The van der Waals surface area contributed by atoms with Gasteiger partial charge in [-0.15, -0.1) is 0 Å². The summed E-state index contributed by atoms with van der Waals surface area (Å²) in [7, 11) is 1.42. The Kier molecular flexibility index (Phi) is 5.87. The van der Waals surface area contributed by atoms with Crippen molar-refractivity contribution >= 4 is 5.91 Å². The Morgan fingerprint density at radius 1 is 1.00 bits per heavy atom. The zero-order chi connectivity index (χ0) is 19.2. The zero-order valence-electron chi connectivity index (χ0n) is 15.4. The highest BCUT2D eigenvalue weighted by molar-refractivity contribution is 5.79. The maximum atomic E-state index is 13.8. The van der Waals surface area contributed by atoms with Crippen molar-refractivity contribution in [3.05, 3.63) is 89.7 Å². The van der Waals surface area contributed by atoms with Gasteiger partial charge in [-0.25, -0.2) is 4.39 Å². The average molecular weight is 363 g/mol. The molecule has 1 unspecified atom stereocenters. The number of carbonyl (C=O) groups is 1. The smallest absolute Gasteiger partial charge is 0.224 e. The van der Waals surface area contributed by atoms with Crippen molar-refractivity contribution in [1.82, 2.24) is 5.32 Å². The molecule has 0 saturated heterocycles. The van der Waals surface area contributed by atoms with E-state index in [4.69, 9.17) is 4.74 Å². The van der Waals surface area contributed by atoms with E-state index in [1.807, 2.05) is 49.4 Å². The number of nitrogens with one attached hydrogen (secondary N) is 1. The zero-order valence-corrected chi connectivity index (χ0v) is 15.4. The number of hydrogen-bond acceptors (Lipinski definition) is 2. The van der Waals surface area contributed by atoms with Gasteiger partial charge >= 0.3 is 0 Å². The standard InChI is InChI=1S/C23H22FNO2/c1-16(20-12-13-22(27-2)21(24)15-20)25-23(26)14-17-8-10-19(11-9-17)18-6-4-3-5-7-18/h3-13,15-16H,14H2,1-2H3,(H,25,26). The molecule has 0 saturated carbocycles. The van der Waals surface area contributed by atoms with Crippen molar-refractivity contribution in [2.75, 3.05) is 7.11 Å². The van der Waals surface area contributed by atoms with Gasteiger partial charge in [0.2, 0.25) is 5.91 Å². The molecule has 0 heterocycles. The van der Waals surface area contributed by atoms with Gasteiger partial charge in [-0.2, -0.15) is 0 Å². The summed E-state index contributed by atoms with van der Waals surface area (Å²) in [4.78, 5) is 12.3. The minimum absolute atomic E-state index is 0.105. The normalized spacial score (nSPS) is 11.7. The van der Waals surface area contributed by atoms with Crippen molar-refractivity contribution in [3.8, 4) is 16.9 Å². The quantitative estimate of drug-likeness (QED) is 0.675. The summed E-state index contributed by atoms with van der Waals surface area (Å²) in [6, 6.07) is 22.4. The molecule has 3 aromatic carbocycles. The average Bonchev–Trinajstić information content (AvgIpc) is 2.69. The monoisotopic (exact) mass is 363 g/mol. The molecular formula is C23H22FNO2. The van der Waals surface area contributed by atoms with Gasteiger partial charge in [0, 0.05) is 0 Å². The van der Waals surface area contributed by atoms with Gasteiger partial charge in [-0.3, -0.25) is 4.79 Å². The molecule has 27 heavy (non-hydrogen) atoms. The maximum absolute atomic E-state index is 13.8. The lowest BCUT2D eigenvalue weighted by Crippen LogP contribution is -2.28. The van der Waals surface area contributed by atoms with Crippen molar-refractivity contribution in [1.29, 1.82) is 0 Å². The number of hydrogen-bond donors (Lipinski definition) is 1. The lowest BCUT2D eigenvalue weighted by Gasteiger charge is -2.15. The predicted octanol–water partition coefficient (Wildman–Crippen LogP) is 4.92. The highest BCUT2D eigenvalue weighted by atomic mass is 19.1. The number of halogens is 1. The molecule has 138 valence electrons. The third kappa shape index (κ3) is 4.73. The van der Waals surface area contributed by atoms with Crippen LogP contribution in [0.25, 0.3) is 11.1 Å². The fourth-order valence-corrected chi connectivity index (χ4v) is 2.96. The molecule has 0 bridgehead atoms. The van der Waals surface area contributed by atoms with Crippen molar-refractivity contribution < 1.29 is 13.9 Å². The lowest BCUT2D eigenvalue weighted by molar-refractivity contribution is -0.121. The summed E-state index contributed by atoms with van der Waals surface area (Å²) in [6.45, 7) is 1.83. The van der Waals surface area contributed by atoms with Gasteiger partial charge in [-0.1, -0.05) is 60.7 Å². The van der Waals surface area contributed by atoms with Crippen LogP contribution < -0.4 is 10.1 Å². The first-order chi connectivity index (χ1) is 13.1. The first-order valence-corrected chi connectivity index (χ1v) is 8.84. The third-order valence-corrected chi connectivity index (χ3v) is 4.48. The molecule has 0 fully saturated rings. The van der Waals surface area contributed by atoms with Gasteiger partial charge in [0.25, 0.3) is 0 Å². The van der Waals surface area contributed by atoms with Gasteiger partial charge in [0.05, 0.1) is 19.6 Å². The number of methoxy groups -OCH3 is 1. The second-order valence-electron chi connectivity index (χ2n) is 6.42. The van der Waals surface area contributed by atoms with Crippen LogP contribution in [-0.2, 0) is 11.2 Å². The summed E-state index contributed by atoms with van der Waals surface area (Å²) in [5, 5.41) is 2.91. The van der Waals surface area contributed by atoms with Crippen LogP contribution in [0.4, 0.5) is 4.39 Å². The van der Waals surface area contributed by atoms with E-state index >= 15 is 0 Å². The van der Waals surface area contributed by atoms with Crippen LogP contribution in [0.5, 0.6) is 5.75 Å². The molecule has 1 N–H and O–H groups in total. The Hall–Kier alpha value is -3.14. The van der Waals surface area contributed by atoms with Crippen LogP contribution >= 0.6 is 0 Å². The first-order valence-electron chi connectivity index (χ1n) is 8.84. The Bertz CT molecular complexity index is 907. The molecule has 1 atom stereocenters. The third-order valence-electron chi connectivity index (χ3n) is 4.48. The second-order valence-corrected chi connectivity index (χ2v) is 6.42. The molecule has 0 spiro atoms. The first kappa shape index (κ1) is 18.6. The van der Waals surface area contributed by atoms with Crippen molar-refractivity contribution in [3.63, 3.8) is 0 Å². The fourth-order valence-electron chi connectivity index (χ4n) is 2.96. The van der Waals surface area contributed by atoms with E-state index in [2.05, 4.69) is 17.4 Å². The summed E-state index contributed by atoms with van der Waals surface area (Å²) in [5.41, 5.74) is 3.88. The number of amides is 1. The number of ether oxygens (including phenoxy) is 1. The summed E-state index contributed by atoms with van der Waals surface area (Å²) < 4.78 is 18.8. The van der Waals surface area contributed by atoms with E-state index in [0.29, 0.717) is 5.56 Å². The van der Waals surface area contributed by atoms with E-state index in [1.165, 1.54) is 13.2 Å². The summed E-state index contributed by atoms with van der Waals surface area (Å²) in [6.07, 6.45) is 0.276. The lowest BCUT2D eigenvalue weighted by atomic mass is 10.0. The van der Waals surface area contributed by atoms with E-state index < -0.39 is 5.82 Å². The van der Waals surface area contributed by atoms with Crippen LogP contribution in [0.1, 0.15) is 24.1 Å². The van der Waals surface area contributed by atoms with E-state index in [0.717, 1.165) is 16.7 Å². The van der Waals surface area contributed by atoms with E-state index in [-0.39, 0.29) is 24.1 Å². The largest absolute Gasteiger partial charge is 0.494 e. The predicted molar refractivity (Wildman–Crippen MR) is 105 cm³/mol. The Labute approximate surface area is 158 Å². The Morgan fingerprint density at radius 3 is 2.30 bits per heavy atom. The van der Waals surface area contributed by atoms with Crippen molar-refractivity contribution in [2.45, 2.75) is 19.4 Å². The number of benzene rings is 3. The van der Waals surface area contributed by atoms with Gasteiger partial charge in [0.15, 0.2) is 11.6 Å². The van der Waals surface area contributed by atoms with Crippen LogP contribution in [0, 0.1) is 5.82 Å². The molecule has 4 heteroatoms. The minimum atomic E-state index is -0.437. The van der Waals surface area contributed by atoms with Crippen LogP contribution in [0.15, 0.2) is 72.8 Å². The highest BCUT2D eigenvalue weighted by Crippen LogP contribution is 2.22. The Morgan fingerprint density at radius 2 is 1.67 bits per heavy atom. The molecule has 3 rings (SSSR count). The molecule has 0 aliphatic carbocycles. The minimum Gasteiger partial charge on any atom is -0.494 e. The van der Waals surface area contributed by atoms with Gasteiger partial charge in [0.1, 0.15) is 0 Å². The summed E-state index contributed by atoms with van der Waals surface area (Å²) in [5.74, 6) is -0.352. The number of carbonyl (C=O) groups excluding carboxylic acids is 1. The fraction of sp³-hybridized carbons (Fsp3) is 0.174. The van der Waals surface area contributed by atoms with Crippen molar-refractivity contribution in [2.24, 2.45) is 0 Å². The molecule has 0 radical (unpaired) electrons. The molecular weight excluding hydrogens is 341 g/mol. The topological polar surface area (TPSA) is 38.3 Å². The van der Waals surface area contributed by atoms with Crippen LogP contribution in [-0.4, -0.2) is 13.0 Å². The van der Waals surface area contributed by atoms with E-state index in [9.17, 15) is 9.18 Å². The van der Waals surface area contributed by atoms with Crippen LogP contribution in [0.3, 0.4) is 0 Å². The second kappa shape index (κ2) is 8.49.